The Labute approximate surface area is 89.4 Å². The first-order valence-electron chi connectivity index (χ1n) is 4.07. The van der Waals surface area contributed by atoms with Crippen molar-refractivity contribution in [3.63, 3.8) is 0 Å². The van der Waals surface area contributed by atoms with Gasteiger partial charge in [-0.3, -0.25) is 14.8 Å². The Bertz CT molecular complexity index is 459. The lowest BCUT2D eigenvalue weighted by Gasteiger charge is -2.06. The molecule has 0 saturated heterocycles. The molecule has 6 heteroatoms. The Morgan fingerprint density at radius 1 is 1.47 bits per heavy atom. The number of rotatable bonds is 1. The molecule has 0 spiro atoms. The van der Waals surface area contributed by atoms with Gasteiger partial charge < -0.3 is 5.11 Å². The van der Waals surface area contributed by atoms with Gasteiger partial charge in [-0.05, 0) is 12.1 Å². The molecule has 1 aromatic carbocycles. The number of anilines is 1. The number of halogens is 1. The number of carboxylic acid groups (broad SMARTS) is 1. The molecule has 15 heavy (non-hydrogen) atoms. The van der Waals surface area contributed by atoms with Crippen LogP contribution >= 0.6 is 11.6 Å². The third-order valence-electron chi connectivity index (χ3n) is 2.23. The first-order chi connectivity index (χ1) is 7.02. The average molecular weight is 228 g/mol. The van der Waals surface area contributed by atoms with Crippen LogP contribution in [0, 0.1) is 0 Å². The number of carboxylic acids is 1. The van der Waals surface area contributed by atoms with Gasteiger partial charge in [-0.15, -0.1) is 0 Å². The maximum Gasteiger partial charge on any atom is 0.320 e. The highest BCUT2D eigenvalue weighted by atomic mass is 35.5. The molecule has 1 aliphatic rings. The van der Waals surface area contributed by atoms with Gasteiger partial charge in [-0.1, -0.05) is 17.7 Å². The third-order valence-corrected chi connectivity index (χ3v) is 2.47. The predicted octanol–water partition coefficient (Wildman–Crippen LogP) is 1.24. The molecular weight excluding hydrogens is 222 g/mol. The van der Waals surface area contributed by atoms with E-state index in [0.717, 1.165) is 0 Å². The molecule has 78 valence electrons. The molecule has 0 radical (unpaired) electrons. The molecular formula is C9H6ClNO4. The number of carbonyl (C=O) groups excluding carboxylic acids is 1. The van der Waals surface area contributed by atoms with Crippen LogP contribution in [0.25, 0.3) is 0 Å². The highest BCUT2D eigenvalue weighted by Gasteiger charge is 2.41. The van der Waals surface area contributed by atoms with Crippen LogP contribution in [-0.4, -0.2) is 22.2 Å². The van der Waals surface area contributed by atoms with Crippen LogP contribution in [0.5, 0.6) is 0 Å². The van der Waals surface area contributed by atoms with E-state index in [-0.39, 0.29) is 11.3 Å². The fourth-order valence-corrected chi connectivity index (χ4v) is 1.72. The van der Waals surface area contributed by atoms with Gasteiger partial charge >= 0.3 is 5.97 Å². The van der Waals surface area contributed by atoms with Crippen LogP contribution in [0.1, 0.15) is 11.5 Å². The van der Waals surface area contributed by atoms with Gasteiger partial charge in [0.1, 0.15) is 0 Å². The number of hydrogen-bond acceptors (Lipinski definition) is 3. The first-order valence-corrected chi connectivity index (χ1v) is 4.45. The summed E-state index contributed by atoms with van der Waals surface area (Å²) in [5.74, 6) is -3.51. The summed E-state index contributed by atoms with van der Waals surface area (Å²) in [6.45, 7) is 0. The summed E-state index contributed by atoms with van der Waals surface area (Å²) in [4.78, 5) is 22.2. The summed E-state index contributed by atoms with van der Waals surface area (Å²) < 4.78 is 0. The molecule has 1 atom stereocenters. The third kappa shape index (κ3) is 1.36. The number of carbonyl (C=O) groups is 2. The summed E-state index contributed by atoms with van der Waals surface area (Å²) in [6, 6.07) is 4.24. The van der Waals surface area contributed by atoms with E-state index in [1.54, 1.807) is 0 Å². The molecule has 0 fully saturated rings. The topological polar surface area (TPSA) is 77.8 Å². The standard InChI is InChI=1S/C9H6ClNO4/c10-4-1-2-5-6(3-4)11(15)8(12)7(5)9(13)14/h1-3,7,15H,(H,13,14). The lowest BCUT2D eigenvalue weighted by molar-refractivity contribution is -0.143. The van der Waals surface area contributed by atoms with E-state index in [1.807, 2.05) is 0 Å². The summed E-state index contributed by atoms with van der Waals surface area (Å²) in [6.07, 6.45) is 0. The molecule has 0 aliphatic carbocycles. The molecule has 1 aliphatic heterocycles. The second-order valence-electron chi connectivity index (χ2n) is 3.12. The number of hydroxylamine groups is 1. The predicted molar refractivity (Wildman–Crippen MR) is 51.1 cm³/mol. The van der Waals surface area contributed by atoms with Crippen molar-refractivity contribution in [1.29, 1.82) is 0 Å². The van der Waals surface area contributed by atoms with E-state index < -0.39 is 17.8 Å². The zero-order valence-corrected chi connectivity index (χ0v) is 8.10. The maximum absolute atomic E-state index is 11.4. The highest BCUT2D eigenvalue weighted by Crippen LogP contribution is 2.37. The summed E-state index contributed by atoms with van der Waals surface area (Å²) in [5.41, 5.74) is 0.374. The van der Waals surface area contributed by atoms with Crippen LogP contribution in [0.2, 0.25) is 5.02 Å². The average Bonchev–Trinajstić information content (AvgIpc) is 2.41. The van der Waals surface area contributed by atoms with E-state index in [1.165, 1.54) is 18.2 Å². The molecule has 1 unspecified atom stereocenters. The van der Waals surface area contributed by atoms with E-state index in [2.05, 4.69) is 0 Å². The van der Waals surface area contributed by atoms with Crippen molar-refractivity contribution in [2.45, 2.75) is 5.92 Å². The van der Waals surface area contributed by atoms with Crippen LogP contribution in [-0.2, 0) is 9.59 Å². The van der Waals surface area contributed by atoms with Crippen LogP contribution < -0.4 is 5.06 Å². The van der Waals surface area contributed by atoms with Crippen molar-refractivity contribution in [3.05, 3.63) is 28.8 Å². The number of fused-ring (bicyclic) bond motifs is 1. The van der Waals surface area contributed by atoms with Gasteiger partial charge in [-0.2, -0.15) is 5.06 Å². The number of nitrogens with zero attached hydrogens (tertiary/aromatic N) is 1. The number of hydrogen-bond donors (Lipinski definition) is 2. The Balaban J connectivity index is 2.60. The summed E-state index contributed by atoms with van der Waals surface area (Å²) in [5, 5.41) is 18.8. The molecule has 0 aromatic heterocycles. The molecule has 1 heterocycles. The maximum atomic E-state index is 11.4. The van der Waals surface area contributed by atoms with Gasteiger partial charge in [0, 0.05) is 10.6 Å². The molecule has 1 amide bonds. The monoisotopic (exact) mass is 227 g/mol. The first kappa shape index (κ1) is 9.95. The summed E-state index contributed by atoms with van der Waals surface area (Å²) in [7, 11) is 0. The van der Waals surface area contributed by atoms with Crippen molar-refractivity contribution in [3.8, 4) is 0 Å². The van der Waals surface area contributed by atoms with Crippen molar-refractivity contribution in [2.24, 2.45) is 0 Å². The zero-order chi connectivity index (χ0) is 11.2. The van der Waals surface area contributed by atoms with E-state index in [4.69, 9.17) is 16.7 Å². The van der Waals surface area contributed by atoms with Crippen LogP contribution in [0.15, 0.2) is 18.2 Å². The van der Waals surface area contributed by atoms with Gasteiger partial charge in [0.15, 0.2) is 5.92 Å². The smallest absolute Gasteiger partial charge is 0.320 e. The van der Waals surface area contributed by atoms with Gasteiger partial charge in [-0.25, -0.2) is 0 Å². The highest BCUT2D eigenvalue weighted by molar-refractivity contribution is 6.31. The lowest BCUT2D eigenvalue weighted by atomic mass is 10.0. The van der Waals surface area contributed by atoms with Crippen LogP contribution in [0.4, 0.5) is 5.69 Å². The van der Waals surface area contributed by atoms with Crippen molar-refractivity contribution in [2.75, 3.05) is 5.06 Å². The Morgan fingerprint density at radius 2 is 2.13 bits per heavy atom. The molecule has 0 bridgehead atoms. The van der Waals surface area contributed by atoms with Crippen molar-refractivity contribution >= 4 is 29.2 Å². The molecule has 0 saturated carbocycles. The number of amides is 1. The van der Waals surface area contributed by atoms with Gasteiger partial charge in [0.05, 0.1) is 5.69 Å². The number of benzene rings is 1. The molecule has 2 N–H and O–H groups in total. The molecule has 1 aromatic rings. The minimum Gasteiger partial charge on any atom is -0.480 e. The van der Waals surface area contributed by atoms with Crippen LogP contribution in [0.3, 0.4) is 0 Å². The molecule has 5 nitrogen and oxygen atoms in total. The Morgan fingerprint density at radius 3 is 2.73 bits per heavy atom. The quantitative estimate of drug-likeness (QED) is 0.559. The van der Waals surface area contributed by atoms with Gasteiger partial charge in [0.25, 0.3) is 5.91 Å². The van der Waals surface area contributed by atoms with E-state index in [0.29, 0.717) is 10.1 Å². The van der Waals surface area contributed by atoms with E-state index in [9.17, 15) is 14.8 Å². The normalized spacial score (nSPS) is 19.2. The fraction of sp³-hybridized carbons (Fsp3) is 0.111. The Hall–Kier alpha value is -1.59. The SMILES string of the molecule is O=C(O)C1C(=O)N(O)c2cc(Cl)ccc21. The van der Waals surface area contributed by atoms with E-state index >= 15 is 0 Å². The minimum atomic E-state index is -1.35. The van der Waals surface area contributed by atoms with Gasteiger partial charge in [0.2, 0.25) is 0 Å². The summed E-state index contributed by atoms with van der Waals surface area (Å²) >= 11 is 5.67. The zero-order valence-electron chi connectivity index (χ0n) is 7.35. The second kappa shape index (κ2) is 3.22. The second-order valence-corrected chi connectivity index (χ2v) is 3.56. The largest absolute Gasteiger partial charge is 0.480 e. The number of aliphatic carboxylic acids is 1. The Kier molecular flexibility index (Phi) is 2.13. The van der Waals surface area contributed by atoms with Crippen molar-refractivity contribution in [1.82, 2.24) is 0 Å². The minimum absolute atomic E-state index is 0.125. The molecule has 2 rings (SSSR count). The fourth-order valence-electron chi connectivity index (χ4n) is 1.56. The lowest BCUT2D eigenvalue weighted by Crippen LogP contribution is -2.28. The van der Waals surface area contributed by atoms with Crippen molar-refractivity contribution < 1.29 is 19.9 Å².